The number of amides is 2. The second kappa shape index (κ2) is 11.2. The number of hydrogen-bond acceptors (Lipinski definition) is 7. The molecule has 0 atom stereocenters. The smallest absolute Gasteiger partial charge is 0.316 e. The number of nitrogens with zero attached hydrogens (tertiary/aromatic N) is 2. The molecule has 0 bridgehead atoms. The number of thiol groups is 1. The number of fused-ring (bicyclic) bond motifs is 1. The summed E-state index contributed by atoms with van der Waals surface area (Å²) in [5.41, 5.74) is 21.9. The van der Waals surface area contributed by atoms with E-state index in [-0.39, 0.29) is 0 Å². The first-order chi connectivity index (χ1) is 14.8. The predicted molar refractivity (Wildman–Crippen MR) is 129 cm³/mol. The standard InChI is InChI=1S/C16H17N3O2.C6H13N3S/c1-21-14-9-11(7-8-18-14)13-6-5-10-3-2-4-12(10)15(13)19-16(17)20;1-9(2)5(4-7)3-6(8)10/h5-9H,2-4H2,1H3,(H3,17,19,20);3-4,10H,7-8H2,1-2H3/b;5-4+,6-3+. The fourth-order valence-corrected chi connectivity index (χ4v) is 3.47. The van der Waals surface area contributed by atoms with Gasteiger partial charge in [0.25, 0.3) is 0 Å². The predicted octanol–water partition coefficient (Wildman–Crippen LogP) is 2.81. The average Bonchev–Trinajstić information content (AvgIpc) is 3.21. The van der Waals surface area contributed by atoms with Gasteiger partial charge in [-0.25, -0.2) is 9.78 Å². The lowest BCUT2D eigenvalue weighted by atomic mass is 9.98. The van der Waals surface area contributed by atoms with Gasteiger partial charge in [-0.15, -0.1) is 12.6 Å². The number of nitrogens with one attached hydrogen (secondary N) is 1. The molecule has 7 N–H and O–H groups in total. The maximum absolute atomic E-state index is 11.3. The molecule has 166 valence electrons. The number of hydrogen-bond donors (Lipinski definition) is 5. The quantitative estimate of drug-likeness (QED) is 0.357. The van der Waals surface area contributed by atoms with Gasteiger partial charge in [-0.1, -0.05) is 12.1 Å². The van der Waals surface area contributed by atoms with Crippen LogP contribution in [0.4, 0.5) is 10.5 Å². The van der Waals surface area contributed by atoms with Crippen molar-refractivity contribution >= 4 is 24.3 Å². The minimum Gasteiger partial charge on any atom is -0.481 e. The van der Waals surface area contributed by atoms with E-state index >= 15 is 0 Å². The summed E-state index contributed by atoms with van der Waals surface area (Å²) in [6.45, 7) is 0. The SMILES string of the molecule is CN(C)C(/C=C(\N)S)=C/N.COc1cc(-c2ccc3c(c2NC(N)=O)CCC3)ccn1. The van der Waals surface area contributed by atoms with Crippen LogP contribution in [-0.2, 0) is 12.8 Å². The number of benzene rings is 1. The summed E-state index contributed by atoms with van der Waals surface area (Å²) in [4.78, 5) is 17.3. The minimum atomic E-state index is -0.544. The summed E-state index contributed by atoms with van der Waals surface area (Å²) in [7, 11) is 5.34. The monoisotopic (exact) mass is 442 g/mol. The molecule has 0 fully saturated rings. The van der Waals surface area contributed by atoms with Crippen LogP contribution in [0.2, 0.25) is 0 Å². The Kier molecular flexibility index (Phi) is 8.63. The van der Waals surface area contributed by atoms with Gasteiger partial charge in [0, 0.05) is 38.1 Å². The lowest BCUT2D eigenvalue weighted by Crippen LogP contribution is -2.20. The van der Waals surface area contributed by atoms with E-state index in [4.69, 9.17) is 21.9 Å². The molecule has 1 heterocycles. The fraction of sp³-hybridized carbons (Fsp3) is 0.273. The molecule has 0 unspecified atom stereocenters. The number of carbonyl (C=O) groups excluding carboxylic acids is 1. The Bertz CT molecular complexity index is 984. The number of methoxy groups -OCH3 is 1. The van der Waals surface area contributed by atoms with Gasteiger partial charge in [0.1, 0.15) is 0 Å². The highest BCUT2D eigenvalue weighted by atomic mass is 32.1. The van der Waals surface area contributed by atoms with Crippen molar-refractivity contribution in [2.45, 2.75) is 19.3 Å². The number of allylic oxidation sites excluding steroid dienone is 1. The zero-order chi connectivity index (χ0) is 23.0. The number of primary amides is 1. The highest BCUT2D eigenvalue weighted by molar-refractivity contribution is 7.84. The van der Waals surface area contributed by atoms with E-state index in [1.165, 1.54) is 17.3 Å². The number of aryl methyl sites for hydroxylation is 1. The van der Waals surface area contributed by atoms with E-state index in [2.05, 4.69) is 29.0 Å². The number of urea groups is 1. The molecule has 8 nitrogen and oxygen atoms in total. The van der Waals surface area contributed by atoms with Crippen LogP contribution in [0.1, 0.15) is 17.5 Å². The number of aromatic nitrogens is 1. The number of nitrogens with two attached hydrogens (primary N) is 3. The molecule has 3 rings (SSSR count). The van der Waals surface area contributed by atoms with Crippen molar-refractivity contribution < 1.29 is 9.53 Å². The topological polar surface area (TPSA) is 133 Å². The summed E-state index contributed by atoms with van der Waals surface area (Å²) < 4.78 is 5.17. The van der Waals surface area contributed by atoms with Crippen molar-refractivity contribution in [3.05, 3.63) is 64.6 Å². The third-order valence-corrected chi connectivity index (χ3v) is 4.90. The Hall–Kier alpha value is -3.33. The van der Waals surface area contributed by atoms with Crippen LogP contribution in [0, 0.1) is 0 Å². The van der Waals surface area contributed by atoms with Gasteiger partial charge in [-0.05, 0) is 48.1 Å². The summed E-state index contributed by atoms with van der Waals surface area (Å²) in [5.74, 6) is 0.540. The van der Waals surface area contributed by atoms with Crippen molar-refractivity contribution in [3.8, 4) is 17.0 Å². The summed E-state index contributed by atoms with van der Waals surface area (Å²) in [6, 6.07) is 7.34. The van der Waals surface area contributed by atoms with Gasteiger partial charge >= 0.3 is 6.03 Å². The van der Waals surface area contributed by atoms with Crippen LogP contribution < -0.4 is 27.3 Å². The summed E-state index contributed by atoms with van der Waals surface area (Å²) >= 11 is 3.90. The largest absolute Gasteiger partial charge is 0.481 e. The molecule has 31 heavy (non-hydrogen) atoms. The Morgan fingerprint density at radius 2 is 2.00 bits per heavy atom. The Morgan fingerprint density at radius 1 is 1.26 bits per heavy atom. The van der Waals surface area contributed by atoms with E-state index in [1.54, 1.807) is 19.4 Å². The second-order valence-electron chi connectivity index (χ2n) is 7.11. The fourth-order valence-electron chi connectivity index (χ4n) is 3.34. The van der Waals surface area contributed by atoms with Crippen LogP contribution in [-0.4, -0.2) is 37.1 Å². The van der Waals surface area contributed by atoms with Crippen LogP contribution in [0.5, 0.6) is 5.88 Å². The first kappa shape index (κ1) is 23.9. The highest BCUT2D eigenvalue weighted by Gasteiger charge is 2.19. The molecule has 1 aliphatic rings. The Balaban J connectivity index is 0.000000291. The minimum absolute atomic E-state index is 0.449. The van der Waals surface area contributed by atoms with Gasteiger partial charge in [-0.3, -0.25) is 0 Å². The summed E-state index contributed by atoms with van der Waals surface area (Å²) in [5, 5.41) is 3.24. The first-order valence-electron chi connectivity index (χ1n) is 9.73. The zero-order valence-electron chi connectivity index (χ0n) is 18.1. The van der Waals surface area contributed by atoms with Crippen LogP contribution in [0.15, 0.2) is 53.5 Å². The molecule has 1 aliphatic carbocycles. The molecular weight excluding hydrogens is 412 g/mol. The van der Waals surface area contributed by atoms with E-state index in [9.17, 15) is 4.79 Å². The lowest BCUT2D eigenvalue weighted by molar-refractivity contribution is 0.259. The van der Waals surface area contributed by atoms with Crippen molar-refractivity contribution in [2.24, 2.45) is 17.2 Å². The lowest BCUT2D eigenvalue weighted by Gasteiger charge is -2.15. The molecule has 1 aromatic carbocycles. The molecule has 1 aromatic heterocycles. The normalized spacial score (nSPS) is 13.0. The molecule has 0 saturated heterocycles. The number of pyridine rings is 1. The Morgan fingerprint density at radius 3 is 2.55 bits per heavy atom. The molecule has 2 amide bonds. The number of rotatable bonds is 5. The van der Waals surface area contributed by atoms with Crippen LogP contribution in [0.3, 0.4) is 0 Å². The highest BCUT2D eigenvalue weighted by Crippen LogP contribution is 2.37. The third kappa shape index (κ3) is 6.58. The van der Waals surface area contributed by atoms with Crippen molar-refractivity contribution in [3.63, 3.8) is 0 Å². The second-order valence-corrected chi connectivity index (χ2v) is 7.63. The van der Waals surface area contributed by atoms with Crippen LogP contribution in [0.25, 0.3) is 11.1 Å². The molecule has 0 spiro atoms. The number of carbonyl (C=O) groups is 1. The summed E-state index contributed by atoms with van der Waals surface area (Å²) in [6.07, 6.45) is 7.96. The number of ether oxygens (including phenoxy) is 1. The van der Waals surface area contributed by atoms with Gasteiger partial charge in [0.15, 0.2) is 0 Å². The zero-order valence-corrected chi connectivity index (χ0v) is 18.9. The molecule has 2 aromatic rings. The van der Waals surface area contributed by atoms with Crippen molar-refractivity contribution in [1.29, 1.82) is 0 Å². The van der Waals surface area contributed by atoms with Gasteiger partial charge in [0.2, 0.25) is 5.88 Å². The van der Waals surface area contributed by atoms with Crippen molar-refractivity contribution in [2.75, 3.05) is 26.5 Å². The van der Waals surface area contributed by atoms with E-state index < -0.39 is 6.03 Å². The maximum atomic E-state index is 11.3. The van der Waals surface area contributed by atoms with E-state index in [0.29, 0.717) is 10.9 Å². The van der Waals surface area contributed by atoms with E-state index in [1.807, 2.05) is 37.2 Å². The first-order valence-corrected chi connectivity index (χ1v) is 10.2. The molecule has 0 aliphatic heterocycles. The Labute approximate surface area is 188 Å². The number of likely N-dealkylation sites (N-methyl/N-ethyl adjacent to an activating group) is 1. The van der Waals surface area contributed by atoms with Crippen LogP contribution >= 0.6 is 12.6 Å². The van der Waals surface area contributed by atoms with Crippen molar-refractivity contribution in [1.82, 2.24) is 9.88 Å². The van der Waals surface area contributed by atoms with Gasteiger partial charge < -0.3 is 32.2 Å². The number of anilines is 1. The molecule has 9 heteroatoms. The molecular formula is C22H30N6O2S. The van der Waals surface area contributed by atoms with Gasteiger partial charge in [-0.2, -0.15) is 0 Å². The van der Waals surface area contributed by atoms with E-state index in [0.717, 1.165) is 41.8 Å². The third-order valence-electron chi connectivity index (χ3n) is 4.77. The molecule has 0 saturated carbocycles. The maximum Gasteiger partial charge on any atom is 0.316 e. The average molecular weight is 443 g/mol. The molecule has 0 radical (unpaired) electrons. The van der Waals surface area contributed by atoms with Gasteiger partial charge in [0.05, 0.1) is 23.5 Å².